The third kappa shape index (κ3) is 6.12. The van der Waals surface area contributed by atoms with Crippen molar-refractivity contribution in [2.24, 2.45) is 0 Å². The van der Waals surface area contributed by atoms with Crippen molar-refractivity contribution in [1.29, 1.82) is 0 Å². The predicted octanol–water partition coefficient (Wildman–Crippen LogP) is 12.5. The number of allylic oxidation sites excluding steroid dienone is 2. The zero-order valence-corrected chi connectivity index (χ0v) is 31.3. The molecule has 0 fully saturated rings. The van der Waals surface area contributed by atoms with Gasteiger partial charge in [0.2, 0.25) is 0 Å². The number of hydrogen-bond donors (Lipinski definition) is 0. The van der Waals surface area contributed by atoms with E-state index in [2.05, 4.69) is 149 Å². The average molecular weight is 718 g/mol. The molecule has 0 N–H and O–H groups in total. The van der Waals surface area contributed by atoms with Crippen LogP contribution in [0.3, 0.4) is 0 Å². The van der Waals surface area contributed by atoms with Crippen molar-refractivity contribution in [3.63, 3.8) is 0 Å². The first-order chi connectivity index (χ1) is 24.0. The molecule has 4 aromatic carbocycles. The Morgan fingerprint density at radius 1 is 0.510 bits per heavy atom. The van der Waals surface area contributed by atoms with Crippen LogP contribution in [-0.4, -0.2) is 0 Å². The molecule has 2 unspecified atom stereocenters. The summed E-state index contributed by atoms with van der Waals surface area (Å²) in [4.78, 5) is 0. The second-order valence-corrected chi connectivity index (χ2v) is 17.1. The van der Waals surface area contributed by atoms with E-state index in [-0.39, 0.29) is 11.8 Å². The fourth-order valence-electron chi connectivity index (χ4n) is 7.80. The number of aryl methyl sites for hydroxylation is 4. The molecule has 2 aliphatic rings. The van der Waals surface area contributed by atoms with Crippen LogP contribution in [0.5, 0.6) is 0 Å². The monoisotopic (exact) mass is 716 g/mol. The zero-order chi connectivity index (χ0) is 33.5. The molecule has 8 rings (SSSR count). The van der Waals surface area contributed by atoms with E-state index in [0.717, 1.165) is 48.7 Å². The molecule has 2 aromatic heterocycles. The van der Waals surface area contributed by atoms with Crippen LogP contribution in [0.15, 0.2) is 125 Å². The van der Waals surface area contributed by atoms with E-state index >= 15 is 0 Å². The first-order valence-electron chi connectivity index (χ1n) is 17.8. The van der Waals surface area contributed by atoms with Crippen LogP contribution >= 0.6 is 0 Å². The molecule has 2 aliphatic carbocycles. The molecule has 2 nitrogen and oxygen atoms in total. The number of hydrogen-bond acceptors (Lipinski definition) is 2. The van der Waals surface area contributed by atoms with Gasteiger partial charge < -0.3 is 0 Å². The second-order valence-electron chi connectivity index (χ2n) is 13.6. The van der Waals surface area contributed by atoms with Crippen molar-refractivity contribution in [3.8, 4) is 22.3 Å². The van der Waals surface area contributed by atoms with E-state index in [0.29, 0.717) is 0 Å². The Labute approximate surface area is 302 Å². The minimum absolute atomic E-state index is 0.129. The minimum atomic E-state index is -1.34. The van der Waals surface area contributed by atoms with E-state index in [1.165, 1.54) is 62.2 Å². The molecular weight excluding hydrogens is 676 g/mol. The van der Waals surface area contributed by atoms with Crippen molar-refractivity contribution in [3.05, 3.63) is 172 Å². The van der Waals surface area contributed by atoms with Crippen molar-refractivity contribution >= 4 is 12.2 Å². The van der Waals surface area contributed by atoms with E-state index in [1.54, 1.807) is 0 Å². The van der Waals surface area contributed by atoms with Crippen LogP contribution in [-0.2, 0) is 36.1 Å². The molecule has 2 atom stereocenters. The van der Waals surface area contributed by atoms with Crippen LogP contribution in [0.25, 0.3) is 34.4 Å². The van der Waals surface area contributed by atoms with Gasteiger partial charge in [-0.3, -0.25) is 0 Å². The van der Waals surface area contributed by atoms with Crippen LogP contribution in [0, 0.1) is 13.8 Å². The normalized spacial score (nSPS) is 16.3. The van der Waals surface area contributed by atoms with Gasteiger partial charge in [0.05, 0.1) is 0 Å². The standard InChI is InChI=1S/2C23H21O.Zr/c2*1-3-5-17-9-11-18(12-10-17)19-6-4-7-20-21(19)13-14-22(20)23-15-8-16(2)24-23;/h2*4,6-13,15,22H,3,5H2,1-2H3;. The molecule has 0 amide bonds. The summed E-state index contributed by atoms with van der Waals surface area (Å²) >= 11 is -1.34. The van der Waals surface area contributed by atoms with E-state index in [1.807, 2.05) is 0 Å². The fraction of sp³-hybridized carbons (Fsp3) is 0.217. The molecular formula is C46H42O2Zr. The maximum absolute atomic E-state index is 6.44. The molecule has 242 valence electrons. The molecule has 3 heteroatoms. The van der Waals surface area contributed by atoms with E-state index < -0.39 is 23.2 Å². The van der Waals surface area contributed by atoms with Gasteiger partial charge in [0.25, 0.3) is 0 Å². The molecule has 0 aliphatic heterocycles. The Morgan fingerprint density at radius 3 is 1.31 bits per heavy atom. The summed E-state index contributed by atoms with van der Waals surface area (Å²) in [5.74, 6) is 4.28. The SMILES string of the molecule is CCCc1ccc(-c2cccc3c2C=[C]([Zr][C]2=Cc4c(-c5ccc(CCC)cc5)cccc4C2c2ccc(C)o2)C3c2ccc(C)o2)cc1. The van der Waals surface area contributed by atoms with E-state index in [4.69, 9.17) is 8.83 Å². The quantitative estimate of drug-likeness (QED) is 0.141. The number of furan rings is 2. The maximum atomic E-state index is 6.44. The number of benzene rings is 4. The van der Waals surface area contributed by atoms with Crippen molar-refractivity contribution in [2.75, 3.05) is 0 Å². The van der Waals surface area contributed by atoms with Gasteiger partial charge in [-0.25, -0.2) is 0 Å². The van der Waals surface area contributed by atoms with Crippen molar-refractivity contribution < 1.29 is 32.1 Å². The molecule has 0 saturated carbocycles. The Hall–Kier alpha value is -4.20. The van der Waals surface area contributed by atoms with Gasteiger partial charge in [0.15, 0.2) is 0 Å². The first kappa shape index (κ1) is 32.0. The molecule has 0 radical (unpaired) electrons. The Kier molecular flexibility index (Phi) is 8.89. The second kappa shape index (κ2) is 13.6. The molecule has 0 saturated heterocycles. The summed E-state index contributed by atoms with van der Waals surface area (Å²) in [6, 6.07) is 40.7. The number of rotatable bonds is 10. The predicted molar refractivity (Wildman–Crippen MR) is 198 cm³/mol. The molecule has 6 aromatic rings. The van der Waals surface area contributed by atoms with Gasteiger partial charge in [-0.15, -0.1) is 0 Å². The summed E-state index contributed by atoms with van der Waals surface area (Å²) in [7, 11) is 0. The van der Waals surface area contributed by atoms with Crippen molar-refractivity contribution in [1.82, 2.24) is 0 Å². The fourth-order valence-corrected chi connectivity index (χ4v) is 11.9. The van der Waals surface area contributed by atoms with Gasteiger partial charge in [0.1, 0.15) is 0 Å². The van der Waals surface area contributed by atoms with Gasteiger partial charge >= 0.3 is 304 Å². The Morgan fingerprint density at radius 2 is 0.939 bits per heavy atom. The van der Waals surface area contributed by atoms with Crippen LogP contribution in [0.1, 0.15) is 94.9 Å². The zero-order valence-electron chi connectivity index (χ0n) is 28.8. The van der Waals surface area contributed by atoms with Crippen LogP contribution in [0.2, 0.25) is 0 Å². The average Bonchev–Trinajstić information content (AvgIpc) is 3.90. The summed E-state index contributed by atoms with van der Waals surface area (Å²) < 4.78 is 15.9. The molecule has 49 heavy (non-hydrogen) atoms. The summed E-state index contributed by atoms with van der Waals surface area (Å²) in [5.41, 5.74) is 13.4. The summed E-state index contributed by atoms with van der Waals surface area (Å²) in [5, 5.41) is 0. The molecule has 0 spiro atoms. The van der Waals surface area contributed by atoms with Crippen molar-refractivity contribution in [2.45, 2.75) is 65.2 Å². The van der Waals surface area contributed by atoms with E-state index in [9.17, 15) is 0 Å². The van der Waals surface area contributed by atoms with Gasteiger partial charge in [-0.05, 0) is 0 Å². The Bertz CT molecular complexity index is 2030. The number of fused-ring (bicyclic) bond motifs is 2. The third-order valence-corrected chi connectivity index (χ3v) is 13.7. The third-order valence-electron chi connectivity index (χ3n) is 10.1. The van der Waals surface area contributed by atoms with Gasteiger partial charge in [0, 0.05) is 0 Å². The molecule has 0 bridgehead atoms. The first-order valence-corrected chi connectivity index (χ1v) is 20.2. The van der Waals surface area contributed by atoms with Gasteiger partial charge in [-0.2, -0.15) is 0 Å². The topological polar surface area (TPSA) is 26.3 Å². The van der Waals surface area contributed by atoms with Crippen LogP contribution < -0.4 is 0 Å². The van der Waals surface area contributed by atoms with Gasteiger partial charge in [-0.1, -0.05) is 0 Å². The molecule has 2 heterocycles. The Balaban J connectivity index is 1.23. The van der Waals surface area contributed by atoms with Crippen LogP contribution in [0.4, 0.5) is 0 Å². The summed E-state index contributed by atoms with van der Waals surface area (Å²) in [6.45, 7) is 8.59. The summed E-state index contributed by atoms with van der Waals surface area (Å²) in [6.07, 6.45) is 9.61.